The Kier molecular flexibility index (Phi) is 5.99. The molecule has 2 saturated heterocycles. The van der Waals surface area contributed by atoms with E-state index in [0.717, 1.165) is 42.5 Å². The van der Waals surface area contributed by atoms with Gasteiger partial charge in [0.15, 0.2) is 6.04 Å². The maximum atomic E-state index is 13.2. The first-order chi connectivity index (χ1) is 15.0. The molecule has 2 aromatic carbocycles. The van der Waals surface area contributed by atoms with Crippen LogP contribution >= 0.6 is 0 Å². The van der Waals surface area contributed by atoms with Crippen molar-refractivity contribution in [2.45, 2.75) is 12.5 Å². The summed E-state index contributed by atoms with van der Waals surface area (Å²) in [5, 5.41) is 0. The van der Waals surface area contributed by atoms with Crippen LogP contribution in [-0.4, -0.2) is 65.4 Å². The molecule has 4 rings (SSSR count). The van der Waals surface area contributed by atoms with Gasteiger partial charge in [0, 0.05) is 11.8 Å². The van der Waals surface area contributed by atoms with Crippen LogP contribution in [0.5, 0.6) is 17.2 Å². The van der Waals surface area contributed by atoms with Gasteiger partial charge >= 0.3 is 0 Å². The first-order valence-electron chi connectivity index (χ1n) is 10.4. The van der Waals surface area contributed by atoms with E-state index >= 15 is 0 Å². The number of piperazine rings is 1. The summed E-state index contributed by atoms with van der Waals surface area (Å²) < 4.78 is 15.9. The smallest absolute Gasteiger partial charge is 0.292 e. The summed E-state index contributed by atoms with van der Waals surface area (Å²) in [5.41, 5.74) is 1.61. The van der Waals surface area contributed by atoms with E-state index in [1.165, 1.54) is 12.0 Å². The SMILES string of the molecule is COc1ccc(N2CC[NH+]([C@H]3CC(=O)N(c4ccc(OC)cc4OC)C3=O)CC2)cc1. The summed E-state index contributed by atoms with van der Waals surface area (Å²) in [6, 6.07) is 12.7. The van der Waals surface area contributed by atoms with Crippen molar-refractivity contribution in [3.05, 3.63) is 42.5 Å². The number of hydrogen-bond acceptors (Lipinski definition) is 6. The number of nitrogens with zero attached hydrogens (tertiary/aromatic N) is 2. The quantitative estimate of drug-likeness (QED) is 0.688. The molecular weight excluding hydrogens is 398 g/mol. The molecule has 8 heteroatoms. The number of benzene rings is 2. The van der Waals surface area contributed by atoms with Crippen molar-refractivity contribution in [2.24, 2.45) is 0 Å². The summed E-state index contributed by atoms with van der Waals surface area (Å²) in [4.78, 5) is 30.7. The summed E-state index contributed by atoms with van der Waals surface area (Å²) in [6.45, 7) is 3.24. The van der Waals surface area contributed by atoms with E-state index < -0.39 is 0 Å². The van der Waals surface area contributed by atoms with E-state index in [4.69, 9.17) is 14.2 Å². The van der Waals surface area contributed by atoms with Crippen LogP contribution in [0.3, 0.4) is 0 Å². The number of anilines is 2. The number of carbonyl (C=O) groups excluding carboxylic acids is 2. The van der Waals surface area contributed by atoms with Crippen LogP contribution in [0.25, 0.3) is 0 Å². The van der Waals surface area contributed by atoms with Crippen LogP contribution in [-0.2, 0) is 9.59 Å². The van der Waals surface area contributed by atoms with Crippen LogP contribution in [0, 0.1) is 0 Å². The van der Waals surface area contributed by atoms with Gasteiger partial charge in [0.05, 0.1) is 59.6 Å². The highest BCUT2D eigenvalue weighted by molar-refractivity contribution is 6.22. The second-order valence-corrected chi connectivity index (χ2v) is 7.71. The molecule has 2 fully saturated rings. The first-order valence-corrected chi connectivity index (χ1v) is 10.4. The lowest BCUT2D eigenvalue weighted by atomic mass is 10.1. The fourth-order valence-electron chi connectivity index (χ4n) is 4.37. The molecule has 2 heterocycles. The van der Waals surface area contributed by atoms with Gasteiger partial charge in [0.2, 0.25) is 5.91 Å². The molecule has 2 aromatic rings. The number of imide groups is 1. The molecule has 164 valence electrons. The number of methoxy groups -OCH3 is 3. The maximum Gasteiger partial charge on any atom is 0.292 e. The number of nitrogens with one attached hydrogen (secondary N) is 1. The maximum absolute atomic E-state index is 13.2. The zero-order chi connectivity index (χ0) is 22.0. The molecule has 0 aliphatic carbocycles. The standard InChI is InChI=1S/C23H27N3O5/c1-29-17-6-4-16(5-7-17)24-10-12-25(13-11-24)20-15-22(27)26(23(20)28)19-9-8-18(30-2)14-21(19)31-3/h4-9,14,20H,10-13,15H2,1-3H3/p+1/t20-/m0/s1. The summed E-state index contributed by atoms with van der Waals surface area (Å²) in [6.07, 6.45) is 0.214. The Balaban J connectivity index is 1.45. The van der Waals surface area contributed by atoms with E-state index in [1.807, 2.05) is 24.3 Å². The van der Waals surface area contributed by atoms with Gasteiger partial charge in [-0.1, -0.05) is 0 Å². The average molecular weight is 426 g/mol. The highest BCUT2D eigenvalue weighted by Gasteiger charge is 2.47. The fourth-order valence-corrected chi connectivity index (χ4v) is 4.37. The summed E-state index contributed by atoms with van der Waals surface area (Å²) in [7, 11) is 4.73. The Labute approximate surface area is 181 Å². The van der Waals surface area contributed by atoms with Gasteiger partial charge < -0.3 is 24.0 Å². The second-order valence-electron chi connectivity index (χ2n) is 7.71. The van der Waals surface area contributed by atoms with Crippen LogP contribution in [0.4, 0.5) is 11.4 Å². The van der Waals surface area contributed by atoms with Crippen molar-refractivity contribution < 1.29 is 28.7 Å². The van der Waals surface area contributed by atoms with Crippen LogP contribution < -0.4 is 28.9 Å². The topological polar surface area (TPSA) is 72.8 Å². The van der Waals surface area contributed by atoms with E-state index in [9.17, 15) is 9.59 Å². The Morgan fingerprint density at radius 2 is 1.52 bits per heavy atom. The monoisotopic (exact) mass is 426 g/mol. The number of ether oxygens (including phenoxy) is 3. The van der Waals surface area contributed by atoms with Crippen molar-refractivity contribution in [3.63, 3.8) is 0 Å². The van der Waals surface area contributed by atoms with Crippen molar-refractivity contribution >= 4 is 23.2 Å². The largest absolute Gasteiger partial charge is 0.497 e. The molecule has 2 aliphatic rings. The van der Waals surface area contributed by atoms with Gasteiger partial charge in [-0.2, -0.15) is 0 Å². The fraction of sp³-hybridized carbons (Fsp3) is 0.391. The molecule has 1 atom stereocenters. The number of quaternary nitrogens is 1. The molecule has 0 radical (unpaired) electrons. The van der Waals surface area contributed by atoms with Crippen molar-refractivity contribution in [1.29, 1.82) is 0 Å². The minimum Gasteiger partial charge on any atom is -0.497 e. The Morgan fingerprint density at radius 3 is 2.13 bits per heavy atom. The number of carbonyl (C=O) groups is 2. The molecule has 1 N–H and O–H groups in total. The van der Waals surface area contributed by atoms with Crippen molar-refractivity contribution in [1.82, 2.24) is 0 Å². The molecule has 2 aliphatic heterocycles. The van der Waals surface area contributed by atoms with E-state index in [0.29, 0.717) is 17.2 Å². The highest BCUT2D eigenvalue weighted by atomic mass is 16.5. The average Bonchev–Trinajstić information content (AvgIpc) is 3.12. The minimum absolute atomic E-state index is 0.165. The third-order valence-corrected chi connectivity index (χ3v) is 6.11. The molecule has 0 unspecified atom stereocenters. The number of rotatable bonds is 6. The van der Waals surface area contributed by atoms with Gasteiger partial charge in [-0.3, -0.25) is 9.59 Å². The van der Waals surface area contributed by atoms with Crippen molar-refractivity contribution in [2.75, 3.05) is 57.3 Å². The Morgan fingerprint density at radius 1 is 0.871 bits per heavy atom. The molecule has 0 aromatic heterocycles. The zero-order valence-corrected chi connectivity index (χ0v) is 18.1. The second kappa shape index (κ2) is 8.85. The molecule has 0 bridgehead atoms. The number of hydrogen-bond donors (Lipinski definition) is 1. The highest BCUT2D eigenvalue weighted by Crippen LogP contribution is 2.34. The van der Waals surface area contributed by atoms with Gasteiger partial charge in [-0.15, -0.1) is 0 Å². The van der Waals surface area contributed by atoms with Gasteiger partial charge in [0.1, 0.15) is 17.2 Å². The van der Waals surface area contributed by atoms with Gasteiger partial charge in [0.25, 0.3) is 5.91 Å². The number of amides is 2. The Hall–Kier alpha value is -3.26. The lowest BCUT2D eigenvalue weighted by Crippen LogP contribution is -3.19. The van der Waals surface area contributed by atoms with Crippen LogP contribution in [0.15, 0.2) is 42.5 Å². The first kappa shape index (κ1) is 21.0. The van der Waals surface area contributed by atoms with Crippen LogP contribution in [0.2, 0.25) is 0 Å². The molecule has 31 heavy (non-hydrogen) atoms. The summed E-state index contributed by atoms with van der Waals surface area (Å²) in [5.74, 6) is 1.53. The van der Waals surface area contributed by atoms with E-state index in [1.54, 1.807) is 32.4 Å². The Bertz CT molecular complexity index is 954. The van der Waals surface area contributed by atoms with E-state index in [2.05, 4.69) is 4.90 Å². The lowest BCUT2D eigenvalue weighted by molar-refractivity contribution is -0.915. The van der Waals surface area contributed by atoms with E-state index in [-0.39, 0.29) is 24.3 Å². The molecular formula is C23H28N3O5+. The van der Waals surface area contributed by atoms with Gasteiger partial charge in [-0.05, 0) is 36.4 Å². The summed E-state index contributed by atoms with van der Waals surface area (Å²) >= 11 is 0. The molecule has 8 nitrogen and oxygen atoms in total. The normalized spacial score (nSPS) is 19.6. The molecule has 2 amide bonds. The predicted octanol–water partition coefficient (Wildman–Crippen LogP) is 0.749. The third-order valence-electron chi connectivity index (χ3n) is 6.11. The molecule has 0 spiro atoms. The van der Waals surface area contributed by atoms with Gasteiger partial charge in [-0.25, -0.2) is 4.90 Å². The third kappa shape index (κ3) is 4.03. The minimum atomic E-state index is -0.364. The zero-order valence-electron chi connectivity index (χ0n) is 18.1. The van der Waals surface area contributed by atoms with Crippen molar-refractivity contribution in [3.8, 4) is 17.2 Å². The predicted molar refractivity (Wildman–Crippen MR) is 116 cm³/mol. The lowest BCUT2D eigenvalue weighted by Gasteiger charge is -2.35. The van der Waals surface area contributed by atoms with Crippen LogP contribution in [0.1, 0.15) is 6.42 Å². The molecule has 0 saturated carbocycles.